The number of carbonyl (C=O) groups is 1. The van der Waals surface area contributed by atoms with Crippen LogP contribution in [0.25, 0.3) is 10.9 Å². The Morgan fingerprint density at radius 2 is 2.32 bits per heavy atom. The fourth-order valence-electron chi connectivity index (χ4n) is 2.53. The van der Waals surface area contributed by atoms with Crippen molar-refractivity contribution in [2.75, 3.05) is 11.4 Å². The molecule has 3 rings (SSSR count). The van der Waals surface area contributed by atoms with Gasteiger partial charge in [0.2, 0.25) is 5.95 Å². The Labute approximate surface area is 110 Å². The normalized spacial score (nSPS) is 19.0. The molecule has 1 N–H and O–H groups in total. The second-order valence-corrected chi connectivity index (χ2v) is 4.93. The van der Waals surface area contributed by atoms with E-state index in [0.717, 1.165) is 23.4 Å². The van der Waals surface area contributed by atoms with Gasteiger partial charge in [-0.05, 0) is 38.0 Å². The monoisotopic (exact) mass is 257 g/mol. The van der Waals surface area contributed by atoms with Crippen LogP contribution in [0.4, 0.5) is 5.95 Å². The molecule has 0 aliphatic carbocycles. The van der Waals surface area contributed by atoms with Gasteiger partial charge in [0.1, 0.15) is 0 Å². The molecule has 0 spiro atoms. The average molecular weight is 257 g/mol. The Kier molecular flexibility index (Phi) is 2.81. The summed E-state index contributed by atoms with van der Waals surface area (Å²) < 4.78 is 0. The van der Waals surface area contributed by atoms with E-state index in [2.05, 4.69) is 21.8 Å². The van der Waals surface area contributed by atoms with E-state index in [1.807, 2.05) is 0 Å². The summed E-state index contributed by atoms with van der Waals surface area (Å²) in [6.07, 6.45) is 4.04. The highest BCUT2D eigenvalue weighted by Gasteiger charge is 2.22. The van der Waals surface area contributed by atoms with Gasteiger partial charge in [-0.3, -0.25) is 0 Å². The first-order valence-electron chi connectivity index (χ1n) is 6.42. The van der Waals surface area contributed by atoms with Gasteiger partial charge in [0.15, 0.2) is 0 Å². The lowest BCUT2D eigenvalue weighted by atomic mass is 10.1. The molecule has 19 heavy (non-hydrogen) atoms. The Bertz CT molecular complexity index is 642. The summed E-state index contributed by atoms with van der Waals surface area (Å²) in [7, 11) is 0. The molecule has 5 nitrogen and oxygen atoms in total. The molecule has 5 heteroatoms. The minimum atomic E-state index is -0.931. The van der Waals surface area contributed by atoms with Gasteiger partial charge < -0.3 is 10.0 Å². The van der Waals surface area contributed by atoms with Crippen molar-refractivity contribution in [1.29, 1.82) is 0 Å². The Hall–Kier alpha value is -2.17. The summed E-state index contributed by atoms with van der Waals surface area (Å²) in [5, 5.41) is 9.72. The molecule has 1 aromatic heterocycles. The predicted octanol–water partition coefficient (Wildman–Crippen LogP) is 2.32. The molecule has 1 aliphatic heterocycles. The van der Waals surface area contributed by atoms with Crippen molar-refractivity contribution in [1.82, 2.24) is 9.97 Å². The van der Waals surface area contributed by atoms with E-state index in [4.69, 9.17) is 5.11 Å². The summed E-state index contributed by atoms with van der Waals surface area (Å²) in [6.45, 7) is 3.16. The Morgan fingerprint density at radius 3 is 3.00 bits per heavy atom. The number of carboxylic acids is 1. The van der Waals surface area contributed by atoms with Crippen LogP contribution < -0.4 is 4.90 Å². The first-order valence-corrected chi connectivity index (χ1v) is 6.42. The topological polar surface area (TPSA) is 66.3 Å². The smallest absolute Gasteiger partial charge is 0.335 e. The number of hydrogen-bond acceptors (Lipinski definition) is 4. The maximum absolute atomic E-state index is 10.9. The standard InChI is InChI=1S/C14H15N3O2/c1-9-3-2-6-17(9)14-15-8-11-7-10(13(18)19)4-5-12(11)16-14/h4-5,7-9H,2-3,6H2,1H3,(H,18,19). The van der Waals surface area contributed by atoms with Gasteiger partial charge in [0.25, 0.3) is 0 Å². The van der Waals surface area contributed by atoms with Crippen molar-refractivity contribution >= 4 is 22.8 Å². The lowest BCUT2D eigenvalue weighted by molar-refractivity contribution is 0.0697. The molecule has 0 amide bonds. The highest BCUT2D eigenvalue weighted by atomic mass is 16.4. The largest absolute Gasteiger partial charge is 0.478 e. The molecular weight excluding hydrogens is 242 g/mol. The highest BCUT2D eigenvalue weighted by molar-refractivity contribution is 5.93. The third-order valence-electron chi connectivity index (χ3n) is 3.62. The van der Waals surface area contributed by atoms with Crippen LogP contribution in [0.5, 0.6) is 0 Å². The second-order valence-electron chi connectivity index (χ2n) is 4.93. The van der Waals surface area contributed by atoms with Gasteiger partial charge in [0.05, 0.1) is 11.1 Å². The van der Waals surface area contributed by atoms with Crippen LogP contribution in [0.1, 0.15) is 30.1 Å². The summed E-state index contributed by atoms with van der Waals surface area (Å²) in [5.41, 5.74) is 1.05. The molecule has 0 bridgehead atoms. The van der Waals surface area contributed by atoms with E-state index in [1.54, 1.807) is 24.4 Å². The van der Waals surface area contributed by atoms with Crippen molar-refractivity contribution in [3.63, 3.8) is 0 Å². The fourth-order valence-corrected chi connectivity index (χ4v) is 2.53. The van der Waals surface area contributed by atoms with E-state index in [1.165, 1.54) is 12.8 Å². The van der Waals surface area contributed by atoms with Crippen LogP contribution in [0.2, 0.25) is 0 Å². The molecule has 1 saturated heterocycles. The average Bonchev–Trinajstić information content (AvgIpc) is 2.83. The third kappa shape index (κ3) is 2.12. The van der Waals surface area contributed by atoms with Crippen molar-refractivity contribution in [2.45, 2.75) is 25.8 Å². The lowest BCUT2D eigenvalue weighted by Crippen LogP contribution is -2.28. The summed E-state index contributed by atoms with van der Waals surface area (Å²) >= 11 is 0. The van der Waals surface area contributed by atoms with Crippen LogP contribution in [0.3, 0.4) is 0 Å². The van der Waals surface area contributed by atoms with Crippen molar-refractivity contribution in [3.8, 4) is 0 Å². The van der Waals surface area contributed by atoms with Gasteiger partial charge in [-0.15, -0.1) is 0 Å². The van der Waals surface area contributed by atoms with Gasteiger partial charge in [0, 0.05) is 24.2 Å². The zero-order valence-corrected chi connectivity index (χ0v) is 10.7. The number of benzene rings is 1. The van der Waals surface area contributed by atoms with Gasteiger partial charge in [-0.2, -0.15) is 0 Å². The fraction of sp³-hybridized carbons (Fsp3) is 0.357. The van der Waals surface area contributed by atoms with Crippen molar-refractivity contribution in [2.24, 2.45) is 0 Å². The number of aromatic nitrogens is 2. The van der Waals surface area contributed by atoms with Crippen molar-refractivity contribution < 1.29 is 9.90 Å². The summed E-state index contributed by atoms with van der Waals surface area (Å²) in [6, 6.07) is 5.39. The molecule has 2 aromatic rings. The first kappa shape index (κ1) is 11.9. The van der Waals surface area contributed by atoms with E-state index in [9.17, 15) is 4.79 Å². The summed E-state index contributed by atoms with van der Waals surface area (Å²) in [4.78, 5) is 22.0. The van der Waals surface area contributed by atoms with Crippen molar-refractivity contribution in [3.05, 3.63) is 30.0 Å². The molecule has 2 heterocycles. The molecule has 98 valence electrons. The molecule has 1 aromatic carbocycles. The number of carboxylic acid groups (broad SMARTS) is 1. The minimum Gasteiger partial charge on any atom is -0.478 e. The number of hydrogen-bond donors (Lipinski definition) is 1. The zero-order chi connectivity index (χ0) is 13.4. The maximum Gasteiger partial charge on any atom is 0.335 e. The molecule has 0 radical (unpaired) electrons. The van der Waals surface area contributed by atoms with E-state index >= 15 is 0 Å². The zero-order valence-electron chi connectivity index (χ0n) is 10.7. The van der Waals surface area contributed by atoms with Crippen LogP contribution in [0, 0.1) is 0 Å². The van der Waals surface area contributed by atoms with Gasteiger partial charge in [-0.1, -0.05) is 0 Å². The molecule has 1 unspecified atom stereocenters. The van der Waals surface area contributed by atoms with Gasteiger partial charge >= 0.3 is 5.97 Å². The highest BCUT2D eigenvalue weighted by Crippen LogP contribution is 2.23. The number of anilines is 1. The predicted molar refractivity (Wildman–Crippen MR) is 72.5 cm³/mol. The SMILES string of the molecule is CC1CCCN1c1ncc2cc(C(=O)O)ccc2n1. The number of rotatable bonds is 2. The quantitative estimate of drug-likeness (QED) is 0.894. The van der Waals surface area contributed by atoms with Gasteiger partial charge in [-0.25, -0.2) is 14.8 Å². The number of aromatic carboxylic acids is 1. The minimum absolute atomic E-state index is 0.262. The van der Waals surface area contributed by atoms with E-state index in [-0.39, 0.29) is 5.56 Å². The molecule has 1 fully saturated rings. The first-order chi connectivity index (χ1) is 9.15. The number of fused-ring (bicyclic) bond motifs is 1. The summed E-state index contributed by atoms with van der Waals surface area (Å²) in [5.74, 6) is -0.195. The molecule has 1 atom stereocenters. The number of nitrogens with zero attached hydrogens (tertiary/aromatic N) is 3. The van der Waals surface area contributed by atoms with E-state index < -0.39 is 5.97 Å². The van der Waals surface area contributed by atoms with Crippen LogP contribution in [-0.2, 0) is 0 Å². The van der Waals surface area contributed by atoms with Crippen LogP contribution in [0.15, 0.2) is 24.4 Å². The van der Waals surface area contributed by atoms with Crippen LogP contribution >= 0.6 is 0 Å². The lowest BCUT2D eigenvalue weighted by Gasteiger charge is -2.21. The Balaban J connectivity index is 2.02. The van der Waals surface area contributed by atoms with E-state index in [0.29, 0.717) is 6.04 Å². The maximum atomic E-state index is 10.9. The molecule has 1 aliphatic rings. The molecular formula is C14H15N3O2. The Morgan fingerprint density at radius 1 is 1.47 bits per heavy atom. The molecule has 0 saturated carbocycles. The third-order valence-corrected chi connectivity index (χ3v) is 3.62. The van der Waals surface area contributed by atoms with Crippen LogP contribution in [-0.4, -0.2) is 33.6 Å². The second kappa shape index (κ2) is 4.50.